The number of aromatic nitrogens is 1. The van der Waals surface area contributed by atoms with Crippen LogP contribution in [0.5, 0.6) is 5.75 Å². The Kier molecular flexibility index (Phi) is 7.87. The molecule has 6 nitrogen and oxygen atoms in total. The molecule has 3 aromatic rings. The Labute approximate surface area is 184 Å². The summed E-state index contributed by atoms with van der Waals surface area (Å²) in [5.41, 5.74) is 3.68. The van der Waals surface area contributed by atoms with Gasteiger partial charge in [-0.1, -0.05) is 29.8 Å². The van der Waals surface area contributed by atoms with E-state index in [0.717, 1.165) is 28.3 Å². The Balaban J connectivity index is 1.40. The molecule has 0 spiro atoms. The number of methoxy groups -OCH3 is 1. The van der Waals surface area contributed by atoms with Crippen molar-refractivity contribution in [3.63, 3.8) is 0 Å². The predicted molar refractivity (Wildman–Crippen MR) is 123 cm³/mol. The summed E-state index contributed by atoms with van der Waals surface area (Å²) >= 11 is 2.86. The number of ether oxygens (including phenoxy) is 1. The monoisotopic (exact) mass is 441 g/mol. The summed E-state index contributed by atoms with van der Waals surface area (Å²) in [4.78, 5) is 28.7. The Morgan fingerprint density at radius 3 is 2.63 bits per heavy atom. The van der Waals surface area contributed by atoms with Crippen LogP contribution >= 0.6 is 23.1 Å². The number of anilines is 2. The number of amides is 2. The number of nitrogens with one attached hydrogen (secondary N) is 2. The van der Waals surface area contributed by atoms with Gasteiger partial charge in [-0.3, -0.25) is 9.59 Å². The first-order chi connectivity index (χ1) is 14.5. The van der Waals surface area contributed by atoms with Crippen molar-refractivity contribution in [3.8, 4) is 5.75 Å². The minimum absolute atomic E-state index is 0.0768. The highest BCUT2D eigenvalue weighted by molar-refractivity contribution is 7.99. The second-order valence-corrected chi connectivity index (χ2v) is 8.47. The largest absolute Gasteiger partial charge is 0.497 e. The van der Waals surface area contributed by atoms with Crippen molar-refractivity contribution < 1.29 is 14.3 Å². The minimum Gasteiger partial charge on any atom is -0.497 e. The van der Waals surface area contributed by atoms with Crippen molar-refractivity contribution >= 4 is 45.7 Å². The summed E-state index contributed by atoms with van der Waals surface area (Å²) in [6.45, 7) is 2.00. The lowest BCUT2D eigenvalue weighted by atomic mass is 10.1. The predicted octanol–water partition coefficient (Wildman–Crippen LogP) is 4.51. The molecule has 2 aromatic carbocycles. The molecule has 0 atom stereocenters. The Morgan fingerprint density at radius 2 is 1.90 bits per heavy atom. The lowest BCUT2D eigenvalue weighted by Gasteiger charge is -2.06. The third kappa shape index (κ3) is 6.89. The number of carbonyl (C=O) groups excluding carboxylic acids is 2. The number of benzene rings is 2. The highest BCUT2D eigenvalue weighted by atomic mass is 32.2. The molecule has 156 valence electrons. The number of carbonyl (C=O) groups is 2. The lowest BCUT2D eigenvalue weighted by Crippen LogP contribution is -2.14. The molecule has 30 heavy (non-hydrogen) atoms. The topological polar surface area (TPSA) is 80.3 Å². The van der Waals surface area contributed by atoms with Crippen LogP contribution < -0.4 is 15.4 Å². The zero-order valence-corrected chi connectivity index (χ0v) is 18.4. The molecule has 0 fully saturated rings. The van der Waals surface area contributed by atoms with Crippen LogP contribution in [0.2, 0.25) is 0 Å². The summed E-state index contributed by atoms with van der Waals surface area (Å²) in [5, 5.41) is 8.16. The molecule has 0 unspecified atom stereocenters. The van der Waals surface area contributed by atoms with Crippen LogP contribution in [0.3, 0.4) is 0 Å². The molecular formula is C22H23N3O3S2. The van der Waals surface area contributed by atoms with E-state index in [-0.39, 0.29) is 11.8 Å². The van der Waals surface area contributed by atoms with Crippen molar-refractivity contribution in [2.24, 2.45) is 0 Å². The van der Waals surface area contributed by atoms with E-state index in [1.807, 2.05) is 36.6 Å². The fraction of sp³-hybridized carbons (Fsp3) is 0.227. The quantitative estimate of drug-likeness (QED) is 0.511. The molecule has 1 heterocycles. The van der Waals surface area contributed by atoms with Crippen LogP contribution in [-0.4, -0.2) is 29.7 Å². The molecule has 8 heteroatoms. The van der Waals surface area contributed by atoms with Gasteiger partial charge in [-0.2, -0.15) is 0 Å². The number of nitrogens with zero attached hydrogens (tertiary/aromatic N) is 1. The molecule has 3 rings (SSSR count). The smallest absolute Gasteiger partial charge is 0.234 e. The standard InChI is InChI=1S/C22H23N3O3S2/c1-15-4-3-5-16(10-15)11-20(26)25-22-24-18(13-30-22)12-29-14-21(27)23-17-6-8-19(28-2)9-7-17/h3-10,13H,11-12,14H2,1-2H3,(H,23,27)(H,24,25,26). The highest BCUT2D eigenvalue weighted by Gasteiger charge is 2.09. The van der Waals surface area contributed by atoms with Crippen LogP contribution in [0.4, 0.5) is 10.8 Å². The van der Waals surface area contributed by atoms with Gasteiger partial charge in [0.05, 0.1) is 25.0 Å². The van der Waals surface area contributed by atoms with Gasteiger partial charge >= 0.3 is 0 Å². The van der Waals surface area contributed by atoms with Gasteiger partial charge in [0, 0.05) is 16.8 Å². The number of hydrogen-bond donors (Lipinski definition) is 2. The van der Waals surface area contributed by atoms with Gasteiger partial charge < -0.3 is 15.4 Å². The van der Waals surface area contributed by atoms with E-state index in [4.69, 9.17) is 4.74 Å². The fourth-order valence-electron chi connectivity index (χ4n) is 2.72. The molecule has 0 bridgehead atoms. The number of thioether (sulfide) groups is 1. The van der Waals surface area contributed by atoms with Gasteiger partial charge in [-0.25, -0.2) is 4.98 Å². The maximum Gasteiger partial charge on any atom is 0.234 e. The SMILES string of the molecule is COc1ccc(NC(=O)CSCc2csc(NC(=O)Cc3cccc(C)c3)n2)cc1. The third-order valence-electron chi connectivity index (χ3n) is 4.10. The first-order valence-corrected chi connectivity index (χ1v) is 11.4. The molecule has 0 aliphatic carbocycles. The summed E-state index contributed by atoms with van der Waals surface area (Å²) in [6.07, 6.45) is 0.316. The van der Waals surface area contributed by atoms with Gasteiger partial charge in [-0.15, -0.1) is 23.1 Å². The van der Waals surface area contributed by atoms with E-state index in [1.54, 1.807) is 31.4 Å². The number of rotatable bonds is 9. The minimum atomic E-state index is -0.0898. The number of thiazole rings is 1. The van der Waals surface area contributed by atoms with Crippen molar-refractivity contribution in [2.45, 2.75) is 19.1 Å². The first kappa shape index (κ1) is 21.9. The van der Waals surface area contributed by atoms with Gasteiger partial charge in [0.15, 0.2) is 5.13 Å². The van der Waals surface area contributed by atoms with Crippen LogP contribution in [0.25, 0.3) is 0 Å². The van der Waals surface area contributed by atoms with E-state index < -0.39 is 0 Å². The summed E-state index contributed by atoms with van der Waals surface area (Å²) < 4.78 is 5.10. The lowest BCUT2D eigenvalue weighted by molar-refractivity contribution is -0.115. The van der Waals surface area contributed by atoms with Crippen LogP contribution in [0.1, 0.15) is 16.8 Å². The fourth-order valence-corrected chi connectivity index (χ4v) is 4.27. The third-order valence-corrected chi connectivity index (χ3v) is 5.87. The van der Waals surface area contributed by atoms with E-state index in [9.17, 15) is 9.59 Å². The van der Waals surface area contributed by atoms with Crippen LogP contribution in [-0.2, 0) is 21.8 Å². The van der Waals surface area contributed by atoms with Crippen molar-refractivity contribution in [3.05, 3.63) is 70.7 Å². The summed E-state index contributed by atoms with van der Waals surface area (Å²) in [6, 6.07) is 15.1. The number of hydrogen-bond acceptors (Lipinski definition) is 6. The van der Waals surface area contributed by atoms with Crippen LogP contribution in [0.15, 0.2) is 53.9 Å². The molecule has 0 saturated carbocycles. The van der Waals surface area contributed by atoms with Gasteiger partial charge in [0.1, 0.15) is 5.75 Å². The second-order valence-electron chi connectivity index (χ2n) is 6.63. The van der Waals surface area contributed by atoms with Gasteiger partial charge in [0.2, 0.25) is 11.8 Å². The normalized spacial score (nSPS) is 10.5. The molecule has 2 amide bonds. The molecule has 1 aromatic heterocycles. The molecule has 2 N–H and O–H groups in total. The average molecular weight is 442 g/mol. The Hall–Kier alpha value is -2.84. The van der Waals surface area contributed by atoms with E-state index in [1.165, 1.54) is 23.1 Å². The highest BCUT2D eigenvalue weighted by Crippen LogP contribution is 2.20. The van der Waals surface area contributed by atoms with E-state index in [0.29, 0.717) is 23.1 Å². The average Bonchev–Trinajstić information content (AvgIpc) is 3.15. The second kappa shape index (κ2) is 10.8. The van der Waals surface area contributed by atoms with Crippen molar-refractivity contribution in [1.29, 1.82) is 0 Å². The maximum absolute atomic E-state index is 12.2. The molecular weight excluding hydrogens is 418 g/mol. The molecule has 0 radical (unpaired) electrons. The van der Waals surface area contributed by atoms with Crippen molar-refractivity contribution in [2.75, 3.05) is 23.5 Å². The maximum atomic E-state index is 12.2. The molecule has 0 aliphatic heterocycles. The first-order valence-electron chi connectivity index (χ1n) is 9.33. The zero-order valence-electron chi connectivity index (χ0n) is 16.8. The van der Waals surface area contributed by atoms with Crippen molar-refractivity contribution in [1.82, 2.24) is 4.98 Å². The molecule has 0 saturated heterocycles. The Morgan fingerprint density at radius 1 is 1.10 bits per heavy atom. The number of aryl methyl sites for hydroxylation is 1. The summed E-state index contributed by atoms with van der Waals surface area (Å²) in [5.74, 6) is 1.49. The van der Waals surface area contributed by atoms with Gasteiger partial charge in [-0.05, 0) is 36.8 Å². The van der Waals surface area contributed by atoms with E-state index in [2.05, 4.69) is 15.6 Å². The van der Waals surface area contributed by atoms with Crippen LogP contribution in [0, 0.1) is 6.92 Å². The Bertz CT molecular complexity index is 1000. The van der Waals surface area contributed by atoms with E-state index >= 15 is 0 Å². The zero-order chi connectivity index (χ0) is 21.3. The molecule has 0 aliphatic rings. The van der Waals surface area contributed by atoms with Gasteiger partial charge in [0.25, 0.3) is 0 Å². The summed E-state index contributed by atoms with van der Waals surface area (Å²) in [7, 11) is 1.60.